The first-order valence-electron chi connectivity index (χ1n) is 5.37. The molecule has 0 atom stereocenters. The van der Waals surface area contributed by atoms with Gasteiger partial charge in [0.1, 0.15) is 5.82 Å². The maximum Gasteiger partial charge on any atom is 0.312 e. The lowest BCUT2D eigenvalue weighted by Gasteiger charge is -2.06. The van der Waals surface area contributed by atoms with Crippen LogP contribution in [0.1, 0.15) is 0 Å². The van der Waals surface area contributed by atoms with Gasteiger partial charge >= 0.3 is 6.03 Å². The van der Waals surface area contributed by atoms with Gasteiger partial charge in [-0.15, -0.1) is 0 Å². The molecule has 0 radical (unpaired) electrons. The van der Waals surface area contributed by atoms with Crippen LogP contribution in [-0.2, 0) is 4.79 Å². The van der Waals surface area contributed by atoms with Crippen molar-refractivity contribution in [2.45, 2.75) is 0 Å². The fourth-order valence-electron chi connectivity index (χ4n) is 1.21. The van der Waals surface area contributed by atoms with Crippen LogP contribution < -0.4 is 21.7 Å². The molecule has 6 nitrogen and oxygen atoms in total. The van der Waals surface area contributed by atoms with Crippen LogP contribution in [0.25, 0.3) is 0 Å². The van der Waals surface area contributed by atoms with Crippen LogP contribution in [0.5, 0.6) is 0 Å². The molecular weight excluding hydrogens is 239 g/mol. The quantitative estimate of drug-likeness (QED) is 0.539. The molecule has 98 valence electrons. The van der Waals surface area contributed by atoms with Gasteiger partial charge < -0.3 is 21.7 Å². The zero-order valence-corrected chi connectivity index (χ0v) is 9.70. The number of amides is 3. The highest BCUT2D eigenvalue weighted by atomic mass is 19.1. The lowest BCUT2D eigenvalue weighted by atomic mass is 10.3. The van der Waals surface area contributed by atoms with Crippen molar-refractivity contribution in [2.24, 2.45) is 5.73 Å². The molecule has 0 aromatic heterocycles. The molecule has 0 saturated heterocycles. The Morgan fingerprint density at radius 3 is 2.44 bits per heavy atom. The number of anilines is 1. The van der Waals surface area contributed by atoms with Crippen LogP contribution in [0.15, 0.2) is 24.3 Å². The van der Waals surface area contributed by atoms with Gasteiger partial charge in [0.15, 0.2) is 0 Å². The van der Waals surface area contributed by atoms with Crippen LogP contribution in [0.4, 0.5) is 14.9 Å². The number of rotatable bonds is 6. The summed E-state index contributed by atoms with van der Waals surface area (Å²) < 4.78 is 12.6. The molecule has 0 unspecified atom stereocenters. The Hall–Kier alpha value is -2.15. The molecule has 7 heteroatoms. The van der Waals surface area contributed by atoms with Crippen molar-refractivity contribution in [1.29, 1.82) is 0 Å². The van der Waals surface area contributed by atoms with Crippen molar-refractivity contribution in [1.82, 2.24) is 10.6 Å². The minimum atomic E-state index is -0.604. The van der Waals surface area contributed by atoms with Gasteiger partial charge in [0.05, 0.1) is 6.54 Å². The van der Waals surface area contributed by atoms with Crippen LogP contribution in [0, 0.1) is 5.82 Å². The molecule has 0 bridgehead atoms. The van der Waals surface area contributed by atoms with E-state index in [1.807, 2.05) is 0 Å². The van der Waals surface area contributed by atoms with Crippen molar-refractivity contribution >= 4 is 17.6 Å². The molecule has 0 fully saturated rings. The van der Waals surface area contributed by atoms with Gasteiger partial charge in [0, 0.05) is 18.8 Å². The molecule has 1 rings (SSSR count). The topological polar surface area (TPSA) is 96.2 Å². The summed E-state index contributed by atoms with van der Waals surface area (Å²) in [5.41, 5.74) is 5.39. The standard InChI is InChI=1S/C11H15FN4O2/c12-8-1-3-9(4-2-8)16-10(17)7-14-5-6-15-11(13)18/h1-4,14H,5-7H2,(H,16,17)(H3,13,15,18). The zero-order valence-electron chi connectivity index (χ0n) is 9.70. The van der Waals surface area contributed by atoms with Gasteiger partial charge in [-0.25, -0.2) is 9.18 Å². The number of hydrogen-bond acceptors (Lipinski definition) is 3. The highest BCUT2D eigenvalue weighted by molar-refractivity contribution is 5.92. The summed E-state index contributed by atoms with van der Waals surface area (Å²) in [6.07, 6.45) is 0. The molecule has 0 heterocycles. The molecule has 3 amide bonds. The minimum Gasteiger partial charge on any atom is -0.352 e. The van der Waals surface area contributed by atoms with Crippen molar-refractivity contribution in [3.8, 4) is 0 Å². The zero-order chi connectivity index (χ0) is 13.4. The SMILES string of the molecule is NC(=O)NCCNCC(=O)Nc1ccc(F)cc1. The maximum absolute atomic E-state index is 12.6. The molecule has 0 saturated carbocycles. The first kappa shape index (κ1) is 13.9. The average molecular weight is 254 g/mol. The molecule has 18 heavy (non-hydrogen) atoms. The second-order valence-corrected chi connectivity index (χ2v) is 3.52. The van der Waals surface area contributed by atoms with Crippen molar-refractivity contribution in [3.63, 3.8) is 0 Å². The van der Waals surface area contributed by atoms with Crippen molar-refractivity contribution in [3.05, 3.63) is 30.1 Å². The highest BCUT2D eigenvalue weighted by Crippen LogP contribution is 2.07. The van der Waals surface area contributed by atoms with E-state index in [9.17, 15) is 14.0 Å². The molecule has 1 aromatic rings. The van der Waals surface area contributed by atoms with E-state index in [0.717, 1.165) is 0 Å². The Kier molecular flexibility index (Phi) is 5.59. The number of carbonyl (C=O) groups is 2. The van der Waals surface area contributed by atoms with E-state index in [-0.39, 0.29) is 18.3 Å². The van der Waals surface area contributed by atoms with E-state index in [4.69, 9.17) is 5.73 Å². The molecule has 1 aromatic carbocycles. The number of urea groups is 1. The third-order valence-electron chi connectivity index (χ3n) is 2.01. The van der Waals surface area contributed by atoms with Crippen LogP contribution in [0.2, 0.25) is 0 Å². The predicted octanol–water partition coefficient (Wildman–Crippen LogP) is 0.0221. The predicted molar refractivity (Wildman–Crippen MR) is 65.5 cm³/mol. The Balaban J connectivity index is 2.17. The number of nitrogens with two attached hydrogens (primary N) is 1. The van der Waals surface area contributed by atoms with Gasteiger partial charge in [-0.2, -0.15) is 0 Å². The summed E-state index contributed by atoms with van der Waals surface area (Å²) in [6.45, 7) is 0.872. The van der Waals surface area contributed by atoms with Crippen LogP contribution in [-0.4, -0.2) is 31.6 Å². The largest absolute Gasteiger partial charge is 0.352 e. The molecule has 5 N–H and O–H groups in total. The summed E-state index contributed by atoms with van der Waals surface area (Å²) in [5.74, 6) is -0.607. The average Bonchev–Trinajstić information content (AvgIpc) is 2.31. The van der Waals surface area contributed by atoms with E-state index in [1.54, 1.807) is 0 Å². The summed E-state index contributed by atoms with van der Waals surface area (Å²) in [5, 5.41) is 7.78. The van der Waals surface area contributed by atoms with E-state index in [2.05, 4.69) is 16.0 Å². The van der Waals surface area contributed by atoms with Gasteiger partial charge in [-0.1, -0.05) is 0 Å². The Labute approximate surface area is 104 Å². The second kappa shape index (κ2) is 7.23. The highest BCUT2D eigenvalue weighted by Gasteiger charge is 2.01. The van der Waals surface area contributed by atoms with Crippen molar-refractivity contribution < 1.29 is 14.0 Å². The monoisotopic (exact) mass is 254 g/mol. The second-order valence-electron chi connectivity index (χ2n) is 3.52. The summed E-state index contributed by atoms with van der Waals surface area (Å²) in [4.78, 5) is 21.8. The third kappa shape index (κ3) is 5.80. The number of primary amides is 1. The summed E-state index contributed by atoms with van der Waals surface area (Å²) in [6, 6.07) is 4.87. The fraction of sp³-hybridized carbons (Fsp3) is 0.273. The number of carbonyl (C=O) groups excluding carboxylic acids is 2. The lowest BCUT2D eigenvalue weighted by Crippen LogP contribution is -2.37. The van der Waals surface area contributed by atoms with E-state index < -0.39 is 6.03 Å². The van der Waals surface area contributed by atoms with E-state index >= 15 is 0 Å². The van der Waals surface area contributed by atoms with Gasteiger partial charge in [-0.05, 0) is 24.3 Å². The molecular formula is C11H15FN4O2. The first-order valence-corrected chi connectivity index (χ1v) is 5.37. The fourth-order valence-corrected chi connectivity index (χ4v) is 1.21. The minimum absolute atomic E-state index is 0.0951. The van der Waals surface area contributed by atoms with E-state index in [0.29, 0.717) is 18.8 Å². The number of nitrogens with one attached hydrogen (secondary N) is 3. The smallest absolute Gasteiger partial charge is 0.312 e. The molecule has 0 aliphatic rings. The maximum atomic E-state index is 12.6. The third-order valence-corrected chi connectivity index (χ3v) is 2.01. The van der Waals surface area contributed by atoms with Gasteiger partial charge in [-0.3, -0.25) is 4.79 Å². The van der Waals surface area contributed by atoms with Gasteiger partial charge in [0.25, 0.3) is 0 Å². The Morgan fingerprint density at radius 1 is 1.17 bits per heavy atom. The van der Waals surface area contributed by atoms with Crippen LogP contribution in [0.3, 0.4) is 0 Å². The summed E-state index contributed by atoms with van der Waals surface area (Å²) >= 11 is 0. The molecule has 0 aliphatic carbocycles. The first-order chi connectivity index (χ1) is 8.58. The van der Waals surface area contributed by atoms with Gasteiger partial charge in [0.2, 0.25) is 5.91 Å². The number of benzene rings is 1. The Bertz CT molecular complexity index is 408. The normalized spacial score (nSPS) is 9.83. The Morgan fingerprint density at radius 2 is 1.83 bits per heavy atom. The molecule has 0 aliphatic heterocycles. The lowest BCUT2D eigenvalue weighted by molar-refractivity contribution is -0.115. The summed E-state index contributed by atoms with van der Waals surface area (Å²) in [7, 11) is 0. The van der Waals surface area contributed by atoms with E-state index in [1.165, 1.54) is 24.3 Å². The number of halogens is 1. The molecule has 0 spiro atoms. The number of hydrogen-bond donors (Lipinski definition) is 4. The van der Waals surface area contributed by atoms with Crippen LogP contribution >= 0.6 is 0 Å². The van der Waals surface area contributed by atoms with Crippen molar-refractivity contribution in [2.75, 3.05) is 25.0 Å².